The Bertz CT molecular complexity index is 464. The fourth-order valence-electron chi connectivity index (χ4n) is 2.32. The minimum Gasteiger partial charge on any atom is -0.358 e. The van der Waals surface area contributed by atoms with Gasteiger partial charge in [0, 0.05) is 19.1 Å². The molecule has 1 aromatic rings. The number of amides is 1. The first kappa shape index (κ1) is 13.8. The molecular formula is C14H20FN3O. The molecule has 1 aliphatic rings. The maximum Gasteiger partial charge on any atom is 0.239 e. The molecule has 0 saturated carbocycles. The minimum absolute atomic E-state index is 0.0595. The Kier molecular flexibility index (Phi) is 4.37. The van der Waals surface area contributed by atoms with Crippen LogP contribution in [0.3, 0.4) is 0 Å². The Morgan fingerprint density at radius 1 is 1.53 bits per heavy atom. The van der Waals surface area contributed by atoms with Gasteiger partial charge in [-0.2, -0.15) is 0 Å². The van der Waals surface area contributed by atoms with Gasteiger partial charge >= 0.3 is 0 Å². The molecule has 1 fully saturated rings. The summed E-state index contributed by atoms with van der Waals surface area (Å²) in [6.45, 7) is 6.30. The number of halogens is 1. The Labute approximate surface area is 113 Å². The molecule has 2 rings (SSSR count). The van der Waals surface area contributed by atoms with E-state index in [9.17, 15) is 9.18 Å². The normalized spacial score (nSPS) is 17.2. The SMILES string of the molecule is CCNC(C)c1ccc(N2CCNC(=O)C2)c(F)c1. The van der Waals surface area contributed by atoms with Crippen LogP contribution in [-0.2, 0) is 4.79 Å². The lowest BCUT2D eigenvalue weighted by Crippen LogP contribution is -2.48. The van der Waals surface area contributed by atoms with Gasteiger partial charge in [-0.05, 0) is 31.2 Å². The molecule has 1 saturated heterocycles. The number of carbonyl (C=O) groups is 1. The lowest BCUT2D eigenvalue weighted by Gasteiger charge is -2.29. The van der Waals surface area contributed by atoms with Gasteiger partial charge in [0.1, 0.15) is 5.82 Å². The number of anilines is 1. The molecule has 1 aliphatic heterocycles. The van der Waals surface area contributed by atoms with Crippen LogP contribution < -0.4 is 15.5 Å². The molecule has 0 spiro atoms. The summed E-state index contributed by atoms with van der Waals surface area (Å²) < 4.78 is 14.2. The quantitative estimate of drug-likeness (QED) is 0.865. The Hall–Kier alpha value is -1.62. The number of rotatable bonds is 4. The Morgan fingerprint density at radius 2 is 2.32 bits per heavy atom. The summed E-state index contributed by atoms with van der Waals surface area (Å²) in [6, 6.07) is 5.35. The summed E-state index contributed by atoms with van der Waals surface area (Å²) in [6.07, 6.45) is 0. The lowest BCUT2D eigenvalue weighted by molar-refractivity contribution is -0.120. The third kappa shape index (κ3) is 3.23. The van der Waals surface area contributed by atoms with Crippen molar-refractivity contribution in [3.05, 3.63) is 29.6 Å². The third-order valence-corrected chi connectivity index (χ3v) is 3.36. The second kappa shape index (κ2) is 6.02. The van der Waals surface area contributed by atoms with E-state index in [-0.39, 0.29) is 24.3 Å². The van der Waals surface area contributed by atoms with Gasteiger partial charge in [-0.15, -0.1) is 0 Å². The van der Waals surface area contributed by atoms with E-state index in [0.717, 1.165) is 12.1 Å². The highest BCUT2D eigenvalue weighted by atomic mass is 19.1. The standard InChI is InChI=1S/C14H20FN3O/c1-3-16-10(2)11-4-5-13(12(15)8-11)18-7-6-17-14(19)9-18/h4-5,8,10,16H,3,6-7,9H2,1-2H3,(H,17,19). The van der Waals surface area contributed by atoms with Crippen molar-refractivity contribution in [2.45, 2.75) is 19.9 Å². The van der Waals surface area contributed by atoms with Crippen LogP contribution in [0, 0.1) is 5.82 Å². The second-order valence-corrected chi connectivity index (χ2v) is 4.76. The highest BCUT2D eigenvalue weighted by Crippen LogP contribution is 2.23. The molecule has 1 amide bonds. The number of nitrogens with one attached hydrogen (secondary N) is 2. The second-order valence-electron chi connectivity index (χ2n) is 4.76. The van der Waals surface area contributed by atoms with Crippen molar-refractivity contribution in [1.82, 2.24) is 10.6 Å². The molecule has 1 atom stereocenters. The fraction of sp³-hybridized carbons (Fsp3) is 0.500. The van der Waals surface area contributed by atoms with Crippen LogP contribution in [-0.4, -0.2) is 32.1 Å². The minimum atomic E-state index is -0.267. The van der Waals surface area contributed by atoms with E-state index in [0.29, 0.717) is 18.8 Å². The van der Waals surface area contributed by atoms with Gasteiger partial charge < -0.3 is 15.5 Å². The smallest absolute Gasteiger partial charge is 0.239 e. The molecule has 0 aliphatic carbocycles. The highest BCUT2D eigenvalue weighted by Gasteiger charge is 2.19. The van der Waals surface area contributed by atoms with Gasteiger partial charge in [0.2, 0.25) is 5.91 Å². The Morgan fingerprint density at radius 3 is 2.95 bits per heavy atom. The number of benzene rings is 1. The zero-order chi connectivity index (χ0) is 13.8. The van der Waals surface area contributed by atoms with Gasteiger partial charge in [-0.3, -0.25) is 4.79 Å². The highest BCUT2D eigenvalue weighted by molar-refractivity contribution is 5.82. The lowest BCUT2D eigenvalue weighted by atomic mass is 10.1. The van der Waals surface area contributed by atoms with Crippen molar-refractivity contribution >= 4 is 11.6 Å². The molecule has 0 bridgehead atoms. The van der Waals surface area contributed by atoms with Crippen molar-refractivity contribution in [2.24, 2.45) is 0 Å². The van der Waals surface area contributed by atoms with Gasteiger partial charge in [0.05, 0.1) is 12.2 Å². The molecule has 19 heavy (non-hydrogen) atoms. The molecule has 1 aromatic carbocycles. The van der Waals surface area contributed by atoms with Crippen LogP contribution in [0.5, 0.6) is 0 Å². The van der Waals surface area contributed by atoms with E-state index < -0.39 is 0 Å². The maximum atomic E-state index is 14.2. The zero-order valence-electron chi connectivity index (χ0n) is 11.4. The van der Waals surface area contributed by atoms with E-state index in [4.69, 9.17) is 0 Å². The summed E-state index contributed by atoms with van der Waals surface area (Å²) in [5, 5.41) is 5.99. The average Bonchev–Trinajstić information content (AvgIpc) is 2.38. The summed E-state index contributed by atoms with van der Waals surface area (Å²) in [5.41, 5.74) is 1.42. The van der Waals surface area contributed by atoms with Crippen molar-refractivity contribution < 1.29 is 9.18 Å². The number of hydrogen-bond acceptors (Lipinski definition) is 3. The number of piperazine rings is 1. The topological polar surface area (TPSA) is 44.4 Å². The average molecular weight is 265 g/mol. The summed E-state index contributed by atoms with van der Waals surface area (Å²) in [5.74, 6) is -0.326. The van der Waals surface area contributed by atoms with Crippen LogP contribution >= 0.6 is 0 Å². The van der Waals surface area contributed by atoms with Gasteiger partial charge in [-0.25, -0.2) is 4.39 Å². The van der Waals surface area contributed by atoms with E-state index >= 15 is 0 Å². The van der Waals surface area contributed by atoms with Crippen molar-refractivity contribution in [3.63, 3.8) is 0 Å². The summed E-state index contributed by atoms with van der Waals surface area (Å²) in [7, 11) is 0. The van der Waals surface area contributed by atoms with Crippen LogP contribution in [0.2, 0.25) is 0 Å². The monoisotopic (exact) mass is 265 g/mol. The van der Waals surface area contributed by atoms with E-state index in [1.54, 1.807) is 17.0 Å². The largest absolute Gasteiger partial charge is 0.358 e. The molecule has 4 nitrogen and oxygen atoms in total. The molecule has 5 heteroatoms. The van der Waals surface area contributed by atoms with E-state index in [2.05, 4.69) is 10.6 Å². The molecule has 0 radical (unpaired) electrons. The molecule has 2 N–H and O–H groups in total. The van der Waals surface area contributed by atoms with Crippen molar-refractivity contribution in [1.29, 1.82) is 0 Å². The van der Waals surface area contributed by atoms with Crippen LogP contribution in [0.4, 0.5) is 10.1 Å². The number of carbonyl (C=O) groups excluding carboxylic acids is 1. The third-order valence-electron chi connectivity index (χ3n) is 3.36. The van der Waals surface area contributed by atoms with Crippen LogP contribution in [0.15, 0.2) is 18.2 Å². The molecule has 1 unspecified atom stereocenters. The zero-order valence-corrected chi connectivity index (χ0v) is 11.4. The Balaban J connectivity index is 2.16. The first-order valence-corrected chi connectivity index (χ1v) is 6.66. The molecular weight excluding hydrogens is 245 g/mol. The number of hydrogen-bond donors (Lipinski definition) is 2. The molecule has 104 valence electrons. The van der Waals surface area contributed by atoms with Gasteiger partial charge in [0.25, 0.3) is 0 Å². The summed E-state index contributed by atoms with van der Waals surface area (Å²) >= 11 is 0. The maximum absolute atomic E-state index is 14.2. The van der Waals surface area contributed by atoms with Crippen LogP contribution in [0.25, 0.3) is 0 Å². The van der Waals surface area contributed by atoms with E-state index in [1.165, 1.54) is 0 Å². The predicted octanol–water partition coefficient (Wildman–Crippen LogP) is 1.43. The summed E-state index contributed by atoms with van der Waals surface area (Å²) in [4.78, 5) is 13.1. The number of nitrogens with zero attached hydrogens (tertiary/aromatic N) is 1. The molecule has 0 aromatic heterocycles. The predicted molar refractivity (Wildman–Crippen MR) is 73.7 cm³/mol. The van der Waals surface area contributed by atoms with E-state index in [1.807, 2.05) is 19.9 Å². The van der Waals surface area contributed by atoms with Crippen LogP contribution in [0.1, 0.15) is 25.5 Å². The van der Waals surface area contributed by atoms with Gasteiger partial charge in [0.15, 0.2) is 0 Å². The first-order valence-electron chi connectivity index (χ1n) is 6.66. The van der Waals surface area contributed by atoms with Crippen molar-refractivity contribution in [2.75, 3.05) is 31.1 Å². The van der Waals surface area contributed by atoms with Gasteiger partial charge in [-0.1, -0.05) is 13.0 Å². The molecule has 1 heterocycles. The van der Waals surface area contributed by atoms with Crippen molar-refractivity contribution in [3.8, 4) is 0 Å². The fourth-order valence-corrected chi connectivity index (χ4v) is 2.32. The first-order chi connectivity index (χ1) is 9.11.